The van der Waals surface area contributed by atoms with E-state index in [4.69, 9.17) is 17.1 Å². The van der Waals surface area contributed by atoms with Crippen LogP contribution in [0, 0.1) is 5.92 Å². The van der Waals surface area contributed by atoms with Gasteiger partial charge in [0.2, 0.25) is 0 Å². The van der Waals surface area contributed by atoms with E-state index in [1.54, 1.807) is 0 Å². The first kappa shape index (κ1) is 9.85. The van der Waals surface area contributed by atoms with Gasteiger partial charge in [-0.1, -0.05) is 33.0 Å². The SMILES string of the molecule is CC.C[C@@H]1ONC(=S)[C@@H]1C. The topological polar surface area (TPSA) is 21.3 Å². The second-order valence-corrected chi connectivity index (χ2v) is 2.52. The van der Waals surface area contributed by atoms with Crippen LogP contribution in [0.25, 0.3) is 0 Å². The third-order valence-electron chi connectivity index (χ3n) is 1.46. The van der Waals surface area contributed by atoms with Crippen molar-refractivity contribution in [2.75, 3.05) is 0 Å². The molecule has 10 heavy (non-hydrogen) atoms. The third kappa shape index (κ3) is 2.23. The van der Waals surface area contributed by atoms with Gasteiger partial charge in [-0.25, -0.2) is 0 Å². The standard InChI is InChI=1S/C5H9NOS.C2H6/c1-3-4(2)7-6-5(3)8;1-2/h3-4H,1-2H3,(H,6,8);1-2H3/t3-,4+;/m1./s1. The highest BCUT2D eigenvalue weighted by atomic mass is 32.1. The van der Waals surface area contributed by atoms with E-state index >= 15 is 0 Å². The summed E-state index contributed by atoms with van der Waals surface area (Å²) in [7, 11) is 0. The molecule has 1 aliphatic rings. The lowest BCUT2D eigenvalue weighted by Crippen LogP contribution is -2.14. The van der Waals surface area contributed by atoms with Crippen LogP contribution in [0.15, 0.2) is 0 Å². The minimum absolute atomic E-state index is 0.238. The largest absolute Gasteiger partial charge is 0.272 e. The Morgan fingerprint density at radius 3 is 2.00 bits per heavy atom. The van der Waals surface area contributed by atoms with Crippen molar-refractivity contribution in [3.63, 3.8) is 0 Å². The summed E-state index contributed by atoms with van der Waals surface area (Å²) in [6.45, 7) is 8.05. The number of hydroxylamine groups is 1. The summed E-state index contributed by atoms with van der Waals surface area (Å²) in [6, 6.07) is 0. The fourth-order valence-corrected chi connectivity index (χ4v) is 0.799. The van der Waals surface area contributed by atoms with Gasteiger partial charge < -0.3 is 0 Å². The first-order valence-corrected chi connectivity index (χ1v) is 4.08. The molecule has 1 rings (SSSR count). The van der Waals surface area contributed by atoms with Gasteiger partial charge in [-0.3, -0.25) is 10.3 Å². The van der Waals surface area contributed by atoms with Crippen molar-refractivity contribution in [2.24, 2.45) is 5.92 Å². The predicted molar refractivity (Wildman–Crippen MR) is 46.8 cm³/mol. The number of rotatable bonds is 0. The number of hydrogen-bond donors (Lipinski definition) is 1. The Kier molecular flexibility index (Phi) is 4.56. The Hall–Kier alpha value is -0.150. The summed E-state index contributed by atoms with van der Waals surface area (Å²) in [4.78, 5) is 5.80. The van der Waals surface area contributed by atoms with Gasteiger partial charge >= 0.3 is 0 Å². The lowest BCUT2D eigenvalue weighted by atomic mass is 10.1. The molecule has 0 aromatic carbocycles. The molecule has 0 aliphatic carbocycles. The Bertz CT molecular complexity index is 116. The van der Waals surface area contributed by atoms with Crippen LogP contribution < -0.4 is 5.48 Å². The minimum atomic E-state index is 0.238. The number of hydrogen-bond acceptors (Lipinski definition) is 2. The molecule has 0 bridgehead atoms. The van der Waals surface area contributed by atoms with E-state index in [1.165, 1.54) is 0 Å². The van der Waals surface area contributed by atoms with E-state index < -0.39 is 0 Å². The average Bonchev–Trinajstić information content (AvgIpc) is 2.25. The predicted octanol–water partition coefficient (Wildman–Crippen LogP) is 1.90. The molecule has 60 valence electrons. The summed E-state index contributed by atoms with van der Waals surface area (Å²) in [5.74, 6) is 0.380. The van der Waals surface area contributed by atoms with E-state index in [0.717, 1.165) is 4.99 Å². The Balaban J connectivity index is 0.000000371. The first-order valence-electron chi connectivity index (χ1n) is 3.67. The van der Waals surface area contributed by atoms with Crippen LogP contribution in [0.5, 0.6) is 0 Å². The molecular formula is C7H15NOS. The third-order valence-corrected chi connectivity index (χ3v) is 1.92. The van der Waals surface area contributed by atoms with Crippen LogP contribution in [0.4, 0.5) is 0 Å². The summed E-state index contributed by atoms with van der Waals surface area (Å²) >= 11 is 4.88. The molecule has 1 heterocycles. The second-order valence-electron chi connectivity index (χ2n) is 2.08. The van der Waals surface area contributed by atoms with Crippen molar-refractivity contribution in [3.05, 3.63) is 0 Å². The molecule has 2 atom stereocenters. The van der Waals surface area contributed by atoms with Gasteiger partial charge in [-0.15, -0.1) is 0 Å². The molecule has 2 nitrogen and oxygen atoms in total. The number of nitrogens with one attached hydrogen (secondary N) is 1. The molecule has 0 unspecified atom stereocenters. The monoisotopic (exact) mass is 161 g/mol. The lowest BCUT2D eigenvalue weighted by molar-refractivity contribution is 0.0441. The van der Waals surface area contributed by atoms with Crippen LogP contribution in [0.3, 0.4) is 0 Å². The zero-order chi connectivity index (χ0) is 8.15. The molecule has 0 saturated carbocycles. The van der Waals surface area contributed by atoms with E-state index in [9.17, 15) is 0 Å². The van der Waals surface area contributed by atoms with E-state index in [-0.39, 0.29) is 6.10 Å². The minimum Gasteiger partial charge on any atom is -0.272 e. The van der Waals surface area contributed by atoms with Crippen LogP contribution in [0.1, 0.15) is 27.7 Å². The van der Waals surface area contributed by atoms with Crippen molar-refractivity contribution in [1.82, 2.24) is 5.48 Å². The lowest BCUT2D eigenvalue weighted by Gasteiger charge is -2.00. The first-order chi connectivity index (χ1) is 4.72. The molecule has 1 saturated heterocycles. The van der Waals surface area contributed by atoms with Crippen molar-refractivity contribution >= 4 is 17.2 Å². The molecule has 0 radical (unpaired) electrons. The summed E-state index contributed by atoms with van der Waals surface area (Å²) in [5, 5.41) is 0. The van der Waals surface area contributed by atoms with E-state index in [1.807, 2.05) is 27.7 Å². The van der Waals surface area contributed by atoms with Crippen LogP contribution in [-0.4, -0.2) is 11.1 Å². The van der Waals surface area contributed by atoms with Gasteiger partial charge in [0.1, 0.15) is 4.99 Å². The molecule has 1 N–H and O–H groups in total. The highest BCUT2D eigenvalue weighted by Crippen LogP contribution is 2.12. The molecule has 1 aliphatic heterocycles. The van der Waals surface area contributed by atoms with Gasteiger partial charge in [-0.2, -0.15) is 0 Å². The van der Waals surface area contributed by atoms with Crippen molar-refractivity contribution < 1.29 is 4.84 Å². The highest BCUT2D eigenvalue weighted by Gasteiger charge is 2.24. The van der Waals surface area contributed by atoms with Crippen LogP contribution in [-0.2, 0) is 4.84 Å². The maximum atomic E-state index is 4.99. The summed E-state index contributed by atoms with van der Waals surface area (Å²) < 4.78 is 0. The maximum Gasteiger partial charge on any atom is 0.106 e. The molecule has 0 spiro atoms. The maximum absolute atomic E-state index is 4.99. The average molecular weight is 161 g/mol. The van der Waals surface area contributed by atoms with Gasteiger partial charge in [0, 0.05) is 5.92 Å². The van der Waals surface area contributed by atoms with E-state index in [2.05, 4.69) is 5.48 Å². The zero-order valence-corrected chi connectivity index (χ0v) is 7.79. The van der Waals surface area contributed by atoms with Crippen molar-refractivity contribution in [3.8, 4) is 0 Å². The number of thiocarbonyl (C=S) groups is 1. The van der Waals surface area contributed by atoms with Crippen LogP contribution >= 0.6 is 12.2 Å². The van der Waals surface area contributed by atoms with Crippen molar-refractivity contribution in [2.45, 2.75) is 33.8 Å². The highest BCUT2D eigenvalue weighted by molar-refractivity contribution is 7.80. The second kappa shape index (κ2) is 4.63. The van der Waals surface area contributed by atoms with Crippen LogP contribution in [0.2, 0.25) is 0 Å². The Labute approximate surface area is 67.9 Å². The molecular weight excluding hydrogens is 146 g/mol. The Morgan fingerprint density at radius 1 is 1.40 bits per heavy atom. The van der Waals surface area contributed by atoms with Crippen molar-refractivity contribution in [1.29, 1.82) is 0 Å². The quantitative estimate of drug-likeness (QED) is 0.548. The molecule has 3 heteroatoms. The molecule has 0 aromatic heterocycles. The van der Waals surface area contributed by atoms with E-state index in [0.29, 0.717) is 5.92 Å². The van der Waals surface area contributed by atoms with Gasteiger partial charge in [0.05, 0.1) is 6.10 Å². The molecule has 0 amide bonds. The normalized spacial score (nSPS) is 30.6. The Morgan fingerprint density at radius 2 is 1.90 bits per heavy atom. The molecule has 0 aromatic rings. The van der Waals surface area contributed by atoms with Gasteiger partial charge in [0.15, 0.2) is 0 Å². The molecule has 1 fully saturated rings. The fraction of sp³-hybridized carbons (Fsp3) is 0.857. The van der Waals surface area contributed by atoms with Gasteiger partial charge in [-0.05, 0) is 6.92 Å². The zero-order valence-electron chi connectivity index (χ0n) is 6.97. The summed E-state index contributed by atoms with van der Waals surface area (Å²) in [5.41, 5.74) is 2.65. The van der Waals surface area contributed by atoms with Gasteiger partial charge in [0.25, 0.3) is 0 Å². The fourth-order valence-electron chi connectivity index (χ4n) is 0.559. The smallest absolute Gasteiger partial charge is 0.106 e. The summed E-state index contributed by atoms with van der Waals surface area (Å²) in [6.07, 6.45) is 0.238.